The number of phenolic OH excluding ortho intramolecular Hbond substituents is 1. The number of hydrogen-bond donors (Lipinski definition) is 2. The average molecular weight is 183 g/mol. The minimum absolute atomic E-state index is 0.0893. The molecular formula is C10H14FNO. The zero-order chi connectivity index (χ0) is 9.68. The molecule has 3 heteroatoms. The van der Waals surface area contributed by atoms with Crippen LogP contribution >= 0.6 is 0 Å². The average Bonchev–Trinajstić information content (AvgIpc) is 2.08. The van der Waals surface area contributed by atoms with E-state index >= 15 is 0 Å². The van der Waals surface area contributed by atoms with Crippen molar-refractivity contribution in [1.29, 1.82) is 0 Å². The maximum Gasteiger partial charge on any atom is 0.123 e. The van der Waals surface area contributed by atoms with Crippen molar-refractivity contribution in [3.63, 3.8) is 0 Å². The number of benzene rings is 1. The minimum Gasteiger partial charge on any atom is -0.508 e. The van der Waals surface area contributed by atoms with Gasteiger partial charge in [0.2, 0.25) is 0 Å². The van der Waals surface area contributed by atoms with E-state index in [2.05, 4.69) is 0 Å². The summed E-state index contributed by atoms with van der Waals surface area (Å²) in [6, 6.07) is 5.57. The van der Waals surface area contributed by atoms with Gasteiger partial charge in [-0.1, -0.05) is 6.42 Å². The Morgan fingerprint density at radius 3 is 1.92 bits per heavy atom. The van der Waals surface area contributed by atoms with Crippen LogP contribution in [0.15, 0.2) is 24.3 Å². The summed E-state index contributed by atoms with van der Waals surface area (Å²) in [5.74, 6) is -0.241. The molecule has 13 heavy (non-hydrogen) atoms. The van der Waals surface area contributed by atoms with Gasteiger partial charge < -0.3 is 10.8 Å². The van der Waals surface area contributed by atoms with Gasteiger partial charge in [0.25, 0.3) is 0 Å². The van der Waals surface area contributed by atoms with Gasteiger partial charge in [0.15, 0.2) is 0 Å². The molecule has 0 bridgehead atoms. The van der Waals surface area contributed by atoms with Crippen molar-refractivity contribution in [2.75, 3.05) is 0 Å². The number of hydrogen-bond acceptors (Lipinski definition) is 2. The van der Waals surface area contributed by atoms with Crippen LogP contribution in [0.4, 0.5) is 4.39 Å². The summed E-state index contributed by atoms with van der Waals surface area (Å²) in [5.41, 5.74) is 5.38. The van der Waals surface area contributed by atoms with Crippen LogP contribution in [0.5, 0.6) is 5.75 Å². The van der Waals surface area contributed by atoms with Crippen molar-refractivity contribution >= 4 is 0 Å². The fourth-order valence-corrected chi connectivity index (χ4v) is 0.881. The maximum atomic E-state index is 12.0. The molecular weight excluding hydrogens is 169 g/mol. The largest absolute Gasteiger partial charge is 0.508 e. The summed E-state index contributed by atoms with van der Waals surface area (Å²) < 4.78 is 12.0. The molecule has 1 aliphatic rings. The first-order valence-corrected chi connectivity index (χ1v) is 4.38. The molecule has 0 aromatic heterocycles. The molecule has 72 valence electrons. The van der Waals surface area contributed by atoms with Crippen LogP contribution in [0.3, 0.4) is 0 Å². The number of phenols is 1. The second-order valence-corrected chi connectivity index (χ2v) is 3.17. The Labute approximate surface area is 77.2 Å². The lowest BCUT2D eigenvalue weighted by Crippen LogP contribution is -2.27. The minimum atomic E-state index is -0.331. The molecule has 1 aromatic carbocycles. The molecule has 2 rings (SSSR count). The third-order valence-electron chi connectivity index (χ3n) is 1.98. The van der Waals surface area contributed by atoms with E-state index in [1.807, 2.05) is 0 Å². The van der Waals surface area contributed by atoms with E-state index in [1.165, 1.54) is 43.5 Å². The van der Waals surface area contributed by atoms with Crippen molar-refractivity contribution in [1.82, 2.24) is 0 Å². The van der Waals surface area contributed by atoms with E-state index in [1.54, 1.807) is 0 Å². The third-order valence-corrected chi connectivity index (χ3v) is 1.98. The van der Waals surface area contributed by atoms with Crippen LogP contribution in [0.2, 0.25) is 0 Å². The van der Waals surface area contributed by atoms with E-state index in [-0.39, 0.29) is 11.6 Å². The molecule has 0 aliphatic heterocycles. The number of halogens is 1. The van der Waals surface area contributed by atoms with Crippen LogP contribution in [0, 0.1) is 5.82 Å². The maximum absolute atomic E-state index is 12.0. The molecule has 1 saturated carbocycles. The van der Waals surface area contributed by atoms with Crippen LogP contribution in [0.25, 0.3) is 0 Å². The Balaban J connectivity index is 0.000000145. The fraction of sp³-hybridized carbons (Fsp3) is 0.400. The SMILES string of the molecule is NC1CCC1.Oc1ccc(F)cc1. The van der Waals surface area contributed by atoms with Gasteiger partial charge in [-0.25, -0.2) is 4.39 Å². The van der Waals surface area contributed by atoms with E-state index in [0.29, 0.717) is 6.04 Å². The molecule has 0 radical (unpaired) electrons. The fourth-order valence-electron chi connectivity index (χ4n) is 0.881. The normalized spacial score (nSPS) is 15.5. The second-order valence-electron chi connectivity index (χ2n) is 3.17. The predicted octanol–water partition coefficient (Wildman–Crippen LogP) is 2.03. The highest BCUT2D eigenvalue weighted by atomic mass is 19.1. The van der Waals surface area contributed by atoms with Gasteiger partial charge in [0.05, 0.1) is 0 Å². The quantitative estimate of drug-likeness (QED) is 0.646. The third kappa shape index (κ3) is 3.90. The molecule has 0 heterocycles. The van der Waals surface area contributed by atoms with E-state index in [9.17, 15) is 4.39 Å². The molecule has 3 N–H and O–H groups in total. The van der Waals surface area contributed by atoms with Gasteiger partial charge in [0.1, 0.15) is 11.6 Å². The zero-order valence-electron chi connectivity index (χ0n) is 7.41. The predicted molar refractivity (Wildman–Crippen MR) is 49.9 cm³/mol. The van der Waals surface area contributed by atoms with Crippen molar-refractivity contribution in [2.45, 2.75) is 25.3 Å². The highest BCUT2D eigenvalue weighted by molar-refractivity contribution is 5.19. The van der Waals surface area contributed by atoms with Gasteiger partial charge in [-0.05, 0) is 37.1 Å². The molecule has 1 aromatic rings. The van der Waals surface area contributed by atoms with Crippen LogP contribution in [-0.2, 0) is 0 Å². The molecule has 0 atom stereocenters. The molecule has 0 amide bonds. The lowest BCUT2D eigenvalue weighted by Gasteiger charge is -2.18. The Bertz CT molecular complexity index is 223. The number of nitrogens with two attached hydrogens (primary N) is 1. The number of aromatic hydroxyl groups is 1. The van der Waals surface area contributed by atoms with Crippen LogP contribution < -0.4 is 5.73 Å². The Morgan fingerprint density at radius 1 is 1.23 bits per heavy atom. The number of rotatable bonds is 0. The van der Waals surface area contributed by atoms with Crippen molar-refractivity contribution in [3.8, 4) is 5.75 Å². The van der Waals surface area contributed by atoms with Crippen LogP contribution in [0.1, 0.15) is 19.3 Å². The van der Waals surface area contributed by atoms with Gasteiger partial charge >= 0.3 is 0 Å². The Kier molecular flexibility index (Phi) is 3.71. The molecule has 0 unspecified atom stereocenters. The van der Waals surface area contributed by atoms with Gasteiger partial charge in [0, 0.05) is 6.04 Å². The summed E-state index contributed by atoms with van der Waals surface area (Å²) in [6.07, 6.45) is 3.89. The summed E-state index contributed by atoms with van der Waals surface area (Å²) in [5, 5.41) is 8.59. The lowest BCUT2D eigenvalue weighted by atomic mass is 9.95. The summed E-state index contributed by atoms with van der Waals surface area (Å²) in [7, 11) is 0. The van der Waals surface area contributed by atoms with Crippen molar-refractivity contribution in [2.24, 2.45) is 5.73 Å². The smallest absolute Gasteiger partial charge is 0.123 e. The first-order chi connectivity index (χ1) is 6.18. The van der Waals surface area contributed by atoms with Crippen LogP contribution in [-0.4, -0.2) is 11.1 Å². The van der Waals surface area contributed by atoms with E-state index < -0.39 is 0 Å². The van der Waals surface area contributed by atoms with Gasteiger partial charge in [-0.2, -0.15) is 0 Å². The molecule has 1 aliphatic carbocycles. The molecule has 0 spiro atoms. The van der Waals surface area contributed by atoms with Crippen molar-refractivity contribution < 1.29 is 9.50 Å². The summed E-state index contributed by atoms with van der Waals surface area (Å²) in [6.45, 7) is 0. The standard InChI is InChI=1S/C6H5FO.C4H9N/c7-5-1-3-6(8)4-2-5;5-4-2-1-3-4/h1-4,8H;4H,1-3,5H2. The molecule has 1 fully saturated rings. The first kappa shape index (κ1) is 9.99. The van der Waals surface area contributed by atoms with E-state index in [0.717, 1.165) is 0 Å². The van der Waals surface area contributed by atoms with Crippen molar-refractivity contribution in [3.05, 3.63) is 30.1 Å². The molecule has 2 nitrogen and oxygen atoms in total. The topological polar surface area (TPSA) is 46.2 Å². The lowest BCUT2D eigenvalue weighted by molar-refractivity contribution is 0.418. The van der Waals surface area contributed by atoms with Gasteiger partial charge in [-0.3, -0.25) is 0 Å². The van der Waals surface area contributed by atoms with E-state index in [4.69, 9.17) is 10.8 Å². The molecule has 0 saturated heterocycles. The van der Waals surface area contributed by atoms with Gasteiger partial charge in [-0.15, -0.1) is 0 Å². The monoisotopic (exact) mass is 183 g/mol. The highest BCUT2D eigenvalue weighted by Gasteiger charge is 2.09. The second kappa shape index (κ2) is 4.82. The first-order valence-electron chi connectivity index (χ1n) is 4.38. The summed E-state index contributed by atoms with van der Waals surface area (Å²) in [4.78, 5) is 0. The Morgan fingerprint density at radius 2 is 1.69 bits per heavy atom. The Hall–Kier alpha value is -1.09. The zero-order valence-corrected chi connectivity index (χ0v) is 7.41. The highest BCUT2D eigenvalue weighted by Crippen LogP contribution is 2.14. The summed E-state index contributed by atoms with van der Waals surface area (Å²) >= 11 is 0.